The summed E-state index contributed by atoms with van der Waals surface area (Å²) in [7, 11) is 0. The van der Waals surface area contributed by atoms with Gasteiger partial charge < -0.3 is 15.0 Å². The number of piperazine rings is 1. The fourth-order valence-corrected chi connectivity index (χ4v) is 4.09. The zero-order valence-corrected chi connectivity index (χ0v) is 16.6. The van der Waals surface area contributed by atoms with Crippen LogP contribution in [-0.4, -0.2) is 50.1 Å². The van der Waals surface area contributed by atoms with E-state index in [2.05, 4.69) is 58.4 Å². The van der Waals surface area contributed by atoms with Crippen molar-refractivity contribution in [3.8, 4) is 5.75 Å². The Hall–Kier alpha value is -2.53. The molecule has 5 heteroatoms. The van der Waals surface area contributed by atoms with Crippen LogP contribution in [0.5, 0.6) is 5.75 Å². The minimum absolute atomic E-state index is 0.0982. The summed E-state index contributed by atoms with van der Waals surface area (Å²) < 4.78 is 5.98. The first-order chi connectivity index (χ1) is 13.7. The molecule has 2 aliphatic heterocycles. The van der Waals surface area contributed by atoms with Gasteiger partial charge in [0.1, 0.15) is 5.75 Å². The Labute approximate surface area is 167 Å². The van der Waals surface area contributed by atoms with Gasteiger partial charge in [-0.25, -0.2) is 0 Å². The third-order valence-corrected chi connectivity index (χ3v) is 5.70. The van der Waals surface area contributed by atoms with E-state index < -0.39 is 0 Å². The van der Waals surface area contributed by atoms with Crippen molar-refractivity contribution >= 4 is 17.3 Å². The fraction of sp³-hybridized carbons (Fsp3) is 0.435. The number of para-hydroxylation sites is 1. The number of ether oxygens (including phenoxy) is 1. The fourth-order valence-electron chi connectivity index (χ4n) is 4.09. The molecule has 1 unspecified atom stereocenters. The standard InChI is InChI=1S/C23H29N3O2/c1-18-16-23(27)24-22-9-8-20(17-21(18)22)28-15-5-10-25-11-13-26(14-12-25)19-6-3-2-4-7-19/h2-4,6-9,17-18H,5,10-16H2,1H3,(H,24,27). The van der Waals surface area contributed by atoms with E-state index in [9.17, 15) is 4.79 Å². The highest BCUT2D eigenvalue weighted by Crippen LogP contribution is 2.34. The smallest absolute Gasteiger partial charge is 0.224 e. The number of benzene rings is 2. The van der Waals surface area contributed by atoms with E-state index >= 15 is 0 Å². The van der Waals surface area contributed by atoms with Crippen molar-refractivity contribution in [2.45, 2.75) is 25.7 Å². The van der Waals surface area contributed by atoms with Crippen molar-refractivity contribution in [1.82, 2.24) is 4.90 Å². The number of carbonyl (C=O) groups is 1. The van der Waals surface area contributed by atoms with Crippen molar-refractivity contribution in [2.24, 2.45) is 0 Å². The lowest BCUT2D eigenvalue weighted by molar-refractivity contribution is -0.116. The Bertz CT molecular complexity index is 801. The maximum atomic E-state index is 11.6. The largest absolute Gasteiger partial charge is 0.494 e. The summed E-state index contributed by atoms with van der Waals surface area (Å²) in [5.74, 6) is 1.24. The molecule has 0 spiro atoms. The number of anilines is 2. The van der Waals surface area contributed by atoms with Crippen molar-refractivity contribution in [1.29, 1.82) is 0 Å². The van der Waals surface area contributed by atoms with E-state index in [1.807, 2.05) is 12.1 Å². The topological polar surface area (TPSA) is 44.8 Å². The highest BCUT2D eigenvalue weighted by molar-refractivity contribution is 5.94. The minimum Gasteiger partial charge on any atom is -0.494 e. The summed E-state index contributed by atoms with van der Waals surface area (Å²) in [6.45, 7) is 8.25. The Morgan fingerprint density at radius 1 is 1.07 bits per heavy atom. The maximum absolute atomic E-state index is 11.6. The van der Waals surface area contributed by atoms with Gasteiger partial charge in [0, 0.05) is 50.5 Å². The van der Waals surface area contributed by atoms with Gasteiger partial charge in [-0.2, -0.15) is 0 Å². The number of hydrogen-bond acceptors (Lipinski definition) is 4. The second kappa shape index (κ2) is 8.65. The van der Waals surface area contributed by atoms with Crippen LogP contribution >= 0.6 is 0 Å². The van der Waals surface area contributed by atoms with Gasteiger partial charge >= 0.3 is 0 Å². The van der Waals surface area contributed by atoms with Crippen LogP contribution in [0.15, 0.2) is 48.5 Å². The molecule has 2 heterocycles. The molecule has 2 aromatic carbocycles. The summed E-state index contributed by atoms with van der Waals surface area (Å²) >= 11 is 0. The van der Waals surface area contributed by atoms with E-state index in [0.29, 0.717) is 6.42 Å². The Balaban J connectivity index is 1.20. The molecule has 1 saturated heterocycles. The number of fused-ring (bicyclic) bond motifs is 1. The lowest BCUT2D eigenvalue weighted by Crippen LogP contribution is -2.46. The van der Waals surface area contributed by atoms with Crippen LogP contribution in [0.2, 0.25) is 0 Å². The summed E-state index contributed by atoms with van der Waals surface area (Å²) in [5, 5.41) is 2.94. The molecular weight excluding hydrogens is 350 g/mol. The molecule has 4 rings (SSSR count). The predicted molar refractivity (Wildman–Crippen MR) is 113 cm³/mol. The molecule has 28 heavy (non-hydrogen) atoms. The second-order valence-electron chi connectivity index (χ2n) is 7.77. The Morgan fingerprint density at radius 3 is 2.64 bits per heavy atom. The average molecular weight is 380 g/mol. The molecule has 0 radical (unpaired) electrons. The zero-order chi connectivity index (χ0) is 19.3. The van der Waals surface area contributed by atoms with E-state index in [-0.39, 0.29) is 11.8 Å². The third-order valence-electron chi connectivity index (χ3n) is 5.70. The van der Waals surface area contributed by atoms with Gasteiger partial charge in [-0.1, -0.05) is 25.1 Å². The van der Waals surface area contributed by atoms with Gasteiger partial charge in [-0.05, 0) is 48.2 Å². The van der Waals surface area contributed by atoms with Gasteiger partial charge in [-0.3, -0.25) is 9.69 Å². The molecule has 1 N–H and O–H groups in total. The number of rotatable bonds is 6. The second-order valence-corrected chi connectivity index (χ2v) is 7.77. The summed E-state index contributed by atoms with van der Waals surface area (Å²) in [6, 6.07) is 16.7. The monoisotopic (exact) mass is 379 g/mol. The SMILES string of the molecule is CC1CC(=O)Nc2ccc(OCCCN3CCN(c4ccccc4)CC3)cc21. The van der Waals surface area contributed by atoms with Crippen LogP contribution in [0, 0.1) is 0 Å². The summed E-state index contributed by atoms with van der Waals surface area (Å²) in [6.07, 6.45) is 1.57. The van der Waals surface area contributed by atoms with Crippen LogP contribution in [0.25, 0.3) is 0 Å². The van der Waals surface area contributed by atoms with Crippen LogP contribution in [0.4, 0.5) is 11.4 Å². The van der Waals surface area contributed by atoms with Gasteiger partial charge in [0.05, 0.1) is 6.61 Å². The average Bonchev–Trinajstić information content (AvgIpc) is 2.72. The number of carbonyl (C=O) groups excluding carboxylic acids is 1. The van der Waals surface area contributed by atoms with Gasteiger partial charge in [0.25, 0.3) is 0 Å². The molecule has 5 nitrogen and oxygen atoms in total. The molecule has 2 aromatic rings. The summed E-state index contributed by atoms with van der Waals surface area (Å²) in [5.41, 5.74) is 3.42. The normalized spacial score (nSPS) is 19.8. The van der Waals surface area contributed by atoms with E-state index in [1.54, 1.807) is 0 Å². The number of amides is 1. The van der Waals surface area contributed by atoms with Crippen molar-refractivity contribution in [3.63, 3.8) is 0 Å². The number of nitrogens with one attached hydrogen (secondary N) is 1. The molecule has 2 aliphatic rings. The van der Waals surface area contributed by atoms with Crippen LogP contribution < -0.4 is 15.0 Å². The molecule has 148 valence electrons. The molecule has 0 bridgehead atoms. The van der Waals surface area contributed by atoms with Gasteiger partial charge in [0.15, 0.2) is 0 Å². The highest BCUT2D eigenvalue weighted by Gasteiger charge is 2.22. The third kappa shape index (κ3) is 4.47. The van der Waals surface area contributed by atoms with Crippen molar-refractivity contribution < 1.29 is 9.53 Å². The number of nitrogens with zero attached hydrogens (tertiary/aromatic N) is 2. The number of hydrogen-bond donors (Lipinski definition) is 1. The van der Waals surface area contributed by atoms with Crippen LogP contribution in [-0.2, 0) is 4.79 Å². The van der Waals surface area contributed by atoms with Crippen molar-refractivity contribution in [2.75, 3.05) is 49.5 Å². The first kappa shape index (κ1) is 18.8. The molecule has 1 fully saturated rings. The van der Waals surface area contributed by atoms with E-state index in [1.165, 1.54) is 11.3 Å². The molecule has 0 aliphatic carbocycles. The molecule has 1 atom stereocenters. The predicted octanol–water partition coefficient (Wildman–Crippen LogP) is 3.72. The lowest BCUT2D eigenvalue weighted by Gasteiger charge is -2.36. The quantitative estimate of drug-likeness (QED) is 0.777. The zero-order valence-electron chi connectivity index (χ0n) is 16.6. The Morgan fingerprint density at radius 2 is 1.86 bits per heavy atom. The van der Waals surface area contributed by atoms with Crippen LogP contribution in [0.3, 0.4) is 0 Å². The molecule has 0 saturated carbocycles. The van der Waals surface area contributed by atoms with Gasteiger partial charge in [-0.15, -0.1) is 0 Å². The maximum Gasteiger partial charge on any atom is 0.224 e. The first-order valence-electron chi connectivity index (χ1n) is 10.3. The van der Waals surface area contributed by atoms with Crippen molar-refractivity contribution in [3.05, 3.63) is 54.1 Å². The highest BCUT2D eigenvalue weighted by atomic mass is 16.5. The molecular formula is C23H29N3O2. The van der Waals surface area contributed by atoms with Crippen LogP contribution in [0.1, 0.15) is 31.2 Å². The molecule has 0 aromatic heterocycles. The minimum atomic E-state index is 0.0982. The summed E-state index contributed by atoms with van der Waals surface area (Å²) in [4.78, 5) is 16.6. The molecule has 1 amide bonds. The van der Waals surface area contributed by atoms with E-state index in [4.69, 9.17) is 4.74 Å². The van der Waals surface area contributed by atoms with Gasteiger partial charge in [0.2, 0.25) is 5.91 Å². The first-order valence-corrected chi connectivity index (χ1v) is 10.3. The Kier molecular flexibility index (Phi) is 5.81. The lowest BCUT2D eigenvalue weighted by atomic mass is 9.92. The van der Waals surface area contributed by atoms with E-state index in [0.717, 1.165) is 57.2 Å².